The van der Waals surface area contributed by atoms with Crippen LogP contribution in [0.1, 0.15) is 31.2 Å². The van der Waals surface area contributed by atoms with Gasteiger partial charge in [0.25, 0.3) is 11.8 Å². The van der Waals surface area contributed by atoms with Gasteiger partial charge in [-0.25, -0.2) is 4.39 Å². The molecule has 2 N–H and O–H groups in total. The van der Waals surface area contributed by atoms with Gasteiger partial charge in [0.2, 0.25) is 0 Å². The number of anilines is 1. The normalized spacial score (nSPS) is 14.5. The van der Waals surface area contributed by atoms with Crippen molar-refractivity contribution in [3.05, 3.63) is 64.8 Å². The number of thioether (sulfide) groups is 1. The molecule has 0 bridgehead atoms. The molecule has 2 aromatic carbocycles. The number of nitrogens with one attached hydrogen (secondary N) is 1. The fraction of sp³-hybridized carbons (Fsp3) is 0.250. The molecule has 1 aliphatic rings. The zero-order valence-electron chi connectivity index (χ0n) is 18.2. The number of carbonyl (C=O) groups excluding carboxylic acids is 2. The van der Waals surface area contributed by atoms with Crippen molar-refractivity contribution < 1.29 is 28.6 Å². The summed E-state index contributed by atoms with van der Waals surface area (Å²) in [6, 6.07) is 12.4. The summed E-state index contributed by atoms with van der Waals surface area (Å²) >= 11 is 6.53. The molecule has 2 amide bonds. The van der Waals surface area contributed by atoms with Crippen molar-refractivity contribution in [2.75, 3.05) is 18.5 Å². The van der Waals surface area contributed by atoms with Gasteiger partial charge in [-0.1, -0.05) is 48.6 Å². The molecular weight excluding hydrogens is 479 g/mol. The SMILES string of the molecule is O=C(O)CCCCCN1C(=O)/C(=C/c2ccccc2OCC(=O)Nc2ccc(F)cc2)SC1=S. The molecule has 7 nitrogen and oxygen atoms in total. The number of ether oxygens (including phenoxy) is 1. The first-order chi connectivity index (χ1) is 16.3. The molecule has 0 atom stereocenters. The second-order valence-electron chi connectivity index (χ2n) is 7.42. The maximum atomic E-state index is 13.0. The number of rotatable bonds is 11. The minimum atomic E-state index is -0.831. The van der Waals surface area contributed by atoms with Crippen LogP contribution in [0.25, 0.3) is 6.08 Å². The van der Waals surface area contributed by atoms with Gasteiger partial charge in [-0.3, -0.25) is 19.3 Å². The number of para-hydroxylation sites is 1. The number of benzene rings is 2. The smallest absolute Gasteiger partial charge is 0.303 e. The molecule has 1 aliphatic heterocycles. The van der Waals surface area contributed by atoms with Gasteiger partial charge in [0.05, 0.1) is 4.91 Å². The Morgan fingerprint density at radius 2 is 1.85 bits per heavy atom. The first kappa shape index (κ1) is 25.4. The van der Waals surface area contributed by atoms with E-state index < -0.39 is 17.7 Å². The molecule has 3 rings (SSSR count). The summed E-state index contributed by atoms with van der Waals surface area (Å²) in [5.74, 6) is -1.42. The van der Waals surface area contributed by atoms with Gasteiger partial charge in [-0.05, 0) is 49.2 Å². The lowest BCUT2D eigenvalue weighted by molar-refractivity contribution is -0.137. The Hall–Kier alpha value is -3.24. The topological polar surface area (TPSA) is 95.9 Å². The maximum Gasteiger partial charge on any atom is 0.303 e. The van der Waals surface area contributed by atoms with Crippen molar-refractivity contribution in [3.63, 3.8) is 0 Å². The fourth-order valence-electron chi connectivity index (χ4n) is 3.16. The standard InChI is InChI=1S/C24H23FN2O5S2/c25-17-9-11-18(12-10-17)26-21(28)15-32-19-7-4-3-6-16(19)14-20-23(31)27(24(33)34-20)13-5-1-2-8-22(29)30/h3-4,6-7,9-12,14H,1-2,5,8,13,15H2,(H,26,28)(H,29,30)/b20-14-. The van der Waals surface area contributed by atoms with Gasteiger partial charge in [0, 0.05) is 24.2 Å². The van der Waals surface area contributed by atoms with Crippen LogP contribution in [0.4, 0.5) is 10.1 Å². The highest BCUT2D eigenvalue weighted by atomic mass is 32.2. The lowest BCUT2D eigenvalue weighted by Gasteiger charge is -2.14. The van der Waals surface area contributed by atoms with E-state index in [4.69, 9.17) is 22.1 Å². The van der Waals surface area contributed by atoms with Crippen molar-refractivity contribution in [1.82, 2.24) is 4.90 Å². The number of hydrogen-bond acceptors (Lipinski definition) is 6. The van der Waals surface area contributed by atoms with Crippen LogP contribution in [-0.2, 0) is 14.4 Å². The molecule has 1 saturated heterocycles. The van der Waals surface area contributed by atoms with Crippen LogP contribution in [-0.4, -0.2) is 45.3 Å². The van der Waals surface area contributed by atoms with E-state index in [9.17, 15) is 18.8 Å². The van der Waals surface area contributed by atoms with Gasteiger partial charge in [0.15, 0.2) is 6.61 Å². The Balaban J connectivity index is 1.58. The van der Waals surface area contributed by atoms with Crippen molar-refractivity contribution in [1.29, 1.82) is 0 Å². The van der Waals surface area contributed by atoms with Crippen LogP contribution in [0.2, 0.25) is 0 Å². The van der Waals surface area contributed by atoms with Crippen molar-refractivity contribution in [2.45, 2.75) is 25.7 Å². The summed E-state index contributed by atoms with van der Waals surface area (Å²) in [4.78, 5) is 37.6. The van der Waals surface area contributed by atoms with Gasteiger partial charge in [-0.2, -0.15) is 0 Å². The summed E-state index contributed by atoms with van der Waals surface area (Å²) in [7, 11) is 0. The summed E-state index contributed by atoms with van der Waals surface area (Å²) in [5.41, 5.74) is 1.08. The molecule has 0 aliphatic carbocycles. The number of thiocarbonyl (C=S) groups is 1. The molecule has 0 aromatic heterocycles. The van der Waals surface area contributed by atoms with Gasteiger partial charge in [-0.15, -0.1) is 0 Å². The van der Waals surface area contributed by atoms with E-state index in [1.165, 1.54) is 40.9 Å². The summed E-state index contributed by atoms with van der Waals surface area (Å²) < 4.78 is 19.1. The second kappa shape index (κ2) is 12.3. The Morgan fingerprint density at radius 3 is 2.59 bits per heavy atom. The van der Waals surface area contributed by atoms with E-state index in [0.29, 0.717) is 52.0 Å². The zero-order chi connectivity index (χ0) is 24.5. The fourth-order valence-corrected chi connectivity index (χ4v) is 4.46. The maximum absolute atomic E-state index is 13.0. The van der Waals surface area contributed by atoms with E-state index >= 15 is 0 Å². The minimum absolute atomic E-state index is 0.108. The van der Waals surface area contributed by atoms with Gasteiger partial charge in [0.1, 0.15) is 15.9 Å². The highest BCUT2D eigenvalue weighted by Gasteiger charge is 2.31. The van der Waals surface area contributed by atoms with Gasteiger partial charge < -0.3 is 15.2 Å². The van der Waals surface area contributed by atoms with Gasteiger partial charge >= 0.3 is 5.97 Å². The Labute approximate surface area is 206 Å². The van der Waals surface area contributed by atoms with Crippen molar-refractivity contribution in [2.24, 2.45) is 0 Å². The number of amides is 2. The summed E-state index contributed by atoms with van der Waals surface area (Å²) in [6.07, 6.45) is 3.70. The molecule has 0 radical (unpaired) electrons. The number of unbranched alkanes of at least 4 members (excludes halogenated alkanes) is 2. The van der Waals surface area contributed by atoms with Crippen LogP contribution in [0.3, 0.4) is 0 Å². The average molecular weight is 503 g/mol. The predicted molar refractivity (Wildman–Crippen MR) is 133 cm³/mol. The molecule has 34 heavy (non-hydrogen) atoms. The highest BCUT2D eigenvalue weighted by molar-refractivity contribution is 8.26. The molecule has 10 heteroatoms. The molecule has 0 unspecified atom stereocenters. The number of nitrogens with zero attached hydrogens (tertiary/aromatic N) is 1. The monoisotopic (exact) mass is 502 g/mol. The molecule has 1 heterocycles. The Kier molecular flexibility index (Phi) is 9.17. The summed E-state index contributed by atoms with van der Waals surface area (Å²) in [6.45, 7) is 0.170. The minimum Gasteiger partial charge on any atom is -0.483 e. The predicted octanol–water partition coefficient (Wildman–Crippen LogP) is 4.69. The average Bonchev–Trinajstić information content (AvgIpc) is 3.07. The Bertz CT molecular complexity index is 1100. The zero-order valence-corrected chi connectivity index (χ0v) is 19.8. The highest BCUT2D eigenvalue weighted by Crippen LogP contribution is 2.34. The third-order valence-electron chi connectivity index (χ3n) is 4.84. The van der Waals surface area contributed by atoms with E-state index in [2.05, 4.69) is 5.32 Å². The quantitative estimate of drug-likeness (QED) is 0.261. The number of carboxylic acids is 1. The first-order valence-corrected chi connectivity index (χ1v) is 11.8. The first-order valence-electron chi connectivity index (χ1n) is 10.6. The number of carbonyl (C=O) groups is 3. The molecule has 1 fully saturated rings. The van der Waals surface area contributed by atoms with Crippen LogP contribution in [0, 0.1) is 5.82 Å². The largest absolute Gasteiger partial charge is 0.483 e. The molecule has 0 spiro atoms. The van der Waals surface area contributed by atoms with Crippen molar-refractivity contribution in [3.8, 4) is 5.75 Å². The lowest BCUT2D eigenvalue weighted by Crippen LogP contribution is -2.29. The molecule has 2 aromatic rings. The number of halogens is 1. The van der Waals surface area contributed by atoms with E-state index in [1.54, 1.807) is 30.3 Å². The third kappa shape index (κ3) is 7.39. The number of hydrogen-bond donors (Lipinski definition) is 2. The number of aliphatic carboxylic acids is 1. The molecule has 178 valence electrons. The lowest BCUT2D eigenvalue weighted by atomic mass is 10.1. The van der Waals surface area contributed by atoms with Crippen molar-refractivity contribution >= 4 is 57.8 Å². The molecular formula is C24H23FN2O5S2. The summed E-state index contributed by atoms with van der Waals surface area (Å²) in [5, 5.41) is 11.3. The van der Waals surface area contributed by atoms with Crippen LogP contribution < -0.4 is 10.1 Å². The number of carboxylic acid groups (broad SMARTS) is 1. The van der Waals surface area contributed by atoms with Crippen LogP contribution in [0.5, 0.6) is 5.75 Å². The Morgan fingerprint density at radius 1 is 1.12 bits per heavy atom. The van der Waals surface area contributed by atoms with Crippen LogP contribution >= 0.6 is 24.0 Å². The van der Waals surface area contributed by atoms with E-state index in [-0.39, 0.29) is 18.9 Å². The second-order valence-corrected chi connectivity index (χ2v) is 9.10. The van der Waals surface area contributed by atoms with E-state index in [0.717, 1.165) is 0 Å². The molecule has 0 saturated carbocycles. The third-order valence-corrected chi connectivity index (χ3v) is 6.22. The van der Waals surface area contributed by atoms with Crippen LogP contribution in [0.15, 0.2) is 53.4 Å². The van der Waals surface area contributed by atoms with E-state index in [1.807, 2.05) is 0 Å².